The molecule has 16 N–H and O–H groups in total. The highest BCUT2D eigenvalue weighted by atomic mass is 16.4. The quantitative estimate of drug-likeness (QED) is 0.0269. The van der Waals surface area contributed by atoms with Crippen molar-refractivity contribution in [2.45, 2.75) is 79.6 Å². The van der Waals surface area contributed by atoms with Crippen molar-refractivity contribution in [1.29, 1.82) is 0 Å². The van der Waals surface area contributed by atoms with Crippen LogP contribution in [-0.2, 0) is 95.9 Å². The molecule has 4 aliphatic rings. The smallest absolute Gasteiger partial charge is 0.317 e. The average molecular weight is 1950 g/mol. The topological polar surface area (TPSA) is 651 Å². The molecule has 0 saturated carbocycles. The van der Waals surface area contributed by atoms with Crippen LogP contribution in [0, 0.1) is 5.41 Å². The fraction of sp³-hybridized carbons (Fsp3) is 0.765. The van der Waals surface area contributed by atoms with Crippen molar-refractivity contribution in [1.82, 2.24) is 121 Å². The molecule has 0 aromatic heterocycles. The van der Waals surface area contributed by atoms with Gasteiger partial charge in [-0.05, 0) is 55.4 Å². The second-order valence-electron chi connectivity index (χ2n) is 35.6. The van der Waals surface area contributed by atoms with Gasteiger partial charge in [0.2, 0.25) is 47.3 Å². The van der Waals surface area contributed by atoms with Crippen LogP contribution < -0.4 is 42.5 Å². The molecule has 776 valence electrons. The summed E-state index contributed by atoms with van der Waals surface area (Å²) in [5.74, 6) is -16.5. The molecule has 52 heteroatoms. The van der Waals surface area contributed by atoms with Crippen LogP contribution in [0.15, 0.2) is 0 Å². The van der Waals surface area contributed by atoms with E-state index in [0.717, 1.165) is 0 Å². The third-order valence-electron chi connectivity index (χ3n) is 24.2. The molecule has 0 aliphatic carbocycles. The van der Waals surface area contributed by atoms with Gasteiger partial charge in [-0.1, -0.05) is 0 Å². The first kappa shape index (κ1) is 119. The third-order valence-corrected chi connectivity index (χ3v) is 24.2. The lowest BCUT2D eigenvalue weighted by atomic mass is 9.86. The Kier molecular flexibility index (Phi) is 54.8. The number of aliphatic carboxylic acids is 8. The van der Waals surface area contributed by atoms with Crippen LogP contribution in [0.4, 0.5) is 0 Å². The van der Waals surface area contributed by atoms with Gasteiger partial charge in [0, 0.05) is 241 Å². The lowest BCUT2D eigenvalue weighted by Gasteiger charge is -2.36. The molecular formula is C85H148N24O28. The Balaban J connectivity index is 1.81. The van der Waals surface area contributed by atoms with Crippen LogP contribution in [0.25, 0.3) is 0 Å². The molecule has 4 unspecified atom stereocenters. The highest BCUT2D eigenvalue weighted by molar-refractivity contribution is 5.90. The number of carboxylic acid groups (broad SMARTS) is 8. The minimum atomic E-state index is -1.84. The van der Waals surface area contributed by atoms with Gasteiger partial charge in [0.15, 0.2) is 0 Å². The number of carboxylic acids is 8. The van der Waals surface area contributed by atoms with E-state index in [4.69, 9.17) is 0 Å². The van der Waals surface area contributed by atoms with Crippen molar-refractivity contribution in [2.75, 3.05) is 340 Å². The molecule has 0 aromatic rings. The molecule has 4 rings (SSSR count). The summed E-state index contributed by atoms with van der Waals surface area (Å²) in [6.45, 7) is 7.09. The summed E-state index contributed by atoms with van der Waals surface area (Å²) < 4.78 is 0. The van der Waals surface area contributed by atoms with Crippen LogP contribution in [-0.4, -0.2) is 602 Å². The number of rotatable bonds is 48. The molecule has 4 heterocycles. The molecule has 0 bridgehead atoms. The van der Waals surface area contributed by atoms with Gasteiger partial charge in [-0.3, -0.25) is 174 Å². The number of nitrogens with zero attached hydrogens (tertiary/aromatic N) is 16. The summed E-state index contributed by atoms with van der Waals surface area (Å²) in [6, 6.07) is -4.33. The molecule has 8 amide bonds. The maximum Gasteiger partial charge on any atom is 0.317 e. The molecule has 0 spiro atoms. The van der Waals surface area contributed by atoms with Gasteiger partial charge in [-0.2, -0.15) is 0 Å². The van der Waals surface area contributed by atoms with Gasteiger partial charge in [-0.15, -0.1) is 0 Å². The van der Waals surface area contributed by atoms with E-state index in [1.54, 1.807) is 78.4 Å². The molecule has 137 heavy (non-hydrogen) atoms. The van der Waals surface area contributed by atoms with Crippen molar-refractivity contribution >= 4 is 118 Å². The summed E-state index contributed by atoms with van der Waals surface area (Å²) in [6.07, 6.45) is 0. The fourth-order valence-electron chi connectivity index (χ4n) is 16.1. The third kappa shape index (κ3) is 51.2. The summed E-state index contributed by atoms with van der Waals surface area (Å²) in [5.41, 5.74) is -1.84. The molecule has 4 saturated heterocycles. The number of carbonyl (C=O) groups is 20. The SMILES string of the molecule is CC(=O)CN1CCN(CC(=O)O)CCN(C(C)C(=O)NCC(=O)NCC(CNC(=O)CNC(=O)C(C)N2CCN(CC(=O)O)CCN(CC(C)=O)CCN(CC(=O)O)CC2)(CNC(=O)CNC(=O)C(C)N2CCN(CC(=O)O)CCN(CC(C)=O)CCN(CC(=O)O)CC2)CNC(=O)CNC(=O)C(C)N2CCN(CC(=O)O)CCN(CC(C)=O)CCN(CC(=O)O)CC2)CCN(CC(=O)O)CC1. The number of hydrogen-bond donors (Lipinski definition) is 16. The van der Waals surface area contributed by atoms with E-state index < -0.39 is 229 Å². The number of nitrogens with one attached hydrogen (secondary N) is 8. The molecule has 4 atom stereocenters. The monoisotopic (exact) mass is 1950 g/mol. The molecule has 52 nitrogen and oxygen atoms in total. The number of carbonyl (C=O) groups excluding carboxylic acids is 12. The normalized spacial score (nSPS) is 19.6. The number of ketones is 4. The first-order valence-electron chi connectivity index (χ1n) is 46.2. The largest absolute Gasteiger partial charge is 0.480 e. The van der Waals surface area contributed by atoms with Crippen molar-refractivity contribution in [3.63, 3.8) is 0 Å². The predicted octanol–water partition coefficient (Wildman–Crippen LogP) is -11.6. The van der Waals surface area contributed by atoms with E-state index in [-0.39, 0.29) is 259 Å². The first-order chi connectivity index (χ1) is 64.6. The zero-order valence-corrected chi connectivity index (χ0v) is 80.5. The van der Waals surface area contributed by atoms with Crippen molar-refractivity contribution < 1.29 is 137 Å². The summed E-state index contributed by atoms with van der Waals surface area (Å²) in [5, 5.41) is 101. The zero-order valence-electron chi connectivity index (χ0n) is 80.5. The van der Waals surface area contributed by atoms with Crippen molar-refractivity contribution in [2.24, 2.45) is 5.41 Å². The Morgan fingerprint density at radius 1 is 0.197 bits per heavy atom. The Bertz CT molecular complexity index is 3390. The molecule has 4 aliphatic heterocycles. The van der Waals surface area contributed by atoms with Crippen molar-refractivity contribution in [3.05, 3.63) is 0 Å². The molecule has 0 aromatic carbocycles. The highest BCUT2D eigenvalue weighted by Gasteiger charge is 2.37. The number of hydrogen-bond acceptors (Lipinski definition) is 36. The van der Waals surface area contributed by atoms with E-state index in [2.05, 4.69) is 42.5 Å². The van der Waals surface area contributed by atoms with E-state index in [1.165, 1.54) is 55.4 Å². The van der Waals surface area contributed by atoms with Crippen LogP contribution in [0.3, 0.4) is 0 Å². The zero-order chi connectivity index (χ0) is 102. The van der Waals surface area contributed by atoms with E-state index >= 15 is 0 Å². The second kappa shape index (κ2) is 63.2. The first-order valence-corrected chi connectivity index (χ1v) is 46.2. The Hall–Kier alpha value is -10.4. The Labute approximate surface area is 798 Å². The number of amides is 8. The molecular weight excluding hydrogens is 1810 g/mol. The predicted molar refractivity (Wildman–Crippen MR) is 492 cm³/mol. The van der Waals surface area contributed by atoms with E-state index in [0.29, 0.717) is 0 Å². The van der Waals surface area contributed by atoms with Gasteiger partial charge in [-0.25, -0.2) is 0 Å². The van der Waals surface area contributed by atoms with Crippen LogP contribution in [0.2, 0.25) is 0 Å². The maximum atomic E-state index is 14.5. The van der Waals surface area contributed by atoms with Crippen LogP contribution >= 0.6 is 0 Å². The van der Waals surface area contributed by atoms with E-state index in [9.17, 15) is 137 Å². The highest BCUT2D eigenvalue weighted by Crippen LogP contribution is 2.17. The number of Topliss-reactive ketones (excluding diaryl/α,β-unsaturated/α-hetero) is 4. The van der Waals surface area contributed by atoms with Crippen molar-refractivity contribution in [3.8, 4) is 0 Å². The lowest BCUT2D eigenvalue weighted by Crippen LogP contribution is -2.59. The molecule has 4 fully saturated rings. The van der Waals surface area contributed by atoms with Gasteiger partial charge >= 0.3 is 47.8 Å². The van der Waals surface area contributed by atoms with Gasteiger partial charge in [0.25, 0.3) is 0 Å². The maximum absolute atomic E-state index is 14.5. The standard InChI is InChI=1S/C85H148N24O28/c1-61(110)45-94-9-17-98(49-73(118)119)25-33-106(34-26-99(18-10-94)50-74(120)121)65(5)81(134)86-41-69(114)90-57-85(58-91-70(115)42-87-82(135)66(6)107-35-27-100(51-75(122)123)19-11-95(46-62(2)111)12-20-101(28-36-107)52-76(124)125,59-92-71(116)43-88-83(136)67(7)108-37-29-102(53-77(126)127)21-13-96(47-63(3)112)14-22-103(30-38-108)54-78(128)129)60-93-72(117)44-89-84(137)68(8)109-39-31-104(55-79(130)131)23-15-97(48-64(4)113)16-24-105(32-40-109)56-80(132)133/h65-68H,9-60H2,1-8H3,(H,86,134)(H,87,135)(H,88,136)(H,89,137)(H,90,114)(H,91,115)(H,92,116)(H,93,117)(H,118,119)(H,120,121)(H,122,123)(H,124,125)(H,126,127)(H,128,129)(H,130,131)(H,132,133). The Morgan fingerprint density at radius 3 is 0.431 bits per heavy atom. The average Bonchev–Trinajstić information content (AvgIpc) is 0.831. The summed E-state index contributed by atoms with van der Waals surface area (Å²) in [7, 11) is 0. The minimum absolute atomic E-state index is 0.0222. The van der Waals surface area contributed by atoms with Crippen LogP contribution in [0.5, 0.6) is 0 Å². The van der Waals surface area contributed by atoms with E-state index in [1.807, 2.05) is 0 Å². The minimum Gasteiger partial charge on any atom is -0.480 e. The van der Waals surface area contributed by atoms with Crippen LogP contribution in [0.1, 0.15) is 55.4 Å². The summed E-state index contributed by atoms with van der Waals surface area (Å²) in [4.78, 5) is 289. The summed E-state index contributed by atoms with van der Waals surface area (Å²) >= 11 is 0. The van der Waals surface area contributed by atoms with Gasteiger partial charge < -0.3 is 83.4 Å². The fourth-order valence-corrected chi connectivity index (χ4v) is 16.1. The lowest BCUT2D eigenvalue weighted by molar-refractivity contribution is -0.140. The molecule has 0 radical (unpaired) electrons. The Morgan fingerprint density at radius 2 is 0.314 bits per heavy atom. The second-order valence-corrected chi connectivity index (χ2v) is 35.6. The van der Waals surface area contributed by atoms with Gasteiger partial charge in [0.05, 0.1) is 129 Å². The van der Waals surface area contributed by atoms with Gasteiger partial charge in [0.1, 0.15) is 23.1 Å².